The Balaban J connectivity index is 5.24. The van der Waals surface area contributed by atoms with Crippen molar-refractivity contribution in [1.82, 2.24) is 10.2 Å². The first-order valence-corrected chi connectivity index (χ1v) is 7.00. The van der Waals surface area contributed by atoms with Gasteiger partial charge >= 0.3 is 6.03 Å². The van der Waals surface area contributed by atoms with Gasteiger partial charge in [0, 0.05) is 31.8 Å². The number of nitrogens with one attached hydrogen (secondary N) is 1. The molecule has 0 fully saturated rings. The summed E-state index contributed by atoms with van der Waals surface area (Å²) >= 11 is 6.18. The molecule has 0 atom stereocenters. The summed E-state index contributed by atoms with van der Waals surface area (Å²) in [6.45, 7) is 5.50. The normalized spacial score (nSPS) is 13.2. The van der Waals surface area contributed by atoms with E-state index in [1.54, 1.807) is 40.1 Å². The van der Waals surface area contributed by atoms with Crippen molar-refractivity contribution in [1.29, 1.82) is 0 Å². The summed E-state index contributed by atoms with van der Waals surface area (Å²) in [6.07, 6.45) is 6.27. The molecule has 5 heteroatoms. The van der Waals surface area contributed by atoms with E-state index in [4.69, 9.17) is 11.6 Å². The largest absolute Gasteiger partial charge is 0.331 e. The van der Waals surface area contributed by atoms with Crippen LogP contribution in [0.15, 0.2) is 34.5 Å². The fourth-order valence-electron chi connectivity index (χ4n) is 1.44. The number of allylic oxidation sites excluding steroid dienone is 5. The van der Waals surface area contributed by atoms with Crippen LogP contribution in [-0.4, -0.2) is 30.8 Å². The van der Waals surface area contributed by atoms with Gasteiger partial charge in [0.05, 0.1) is 5.03 Å². The lowest BCUT2D eigenvalue weighted by Gasteiger charge is -2.13. The molecule has 4 nitrogen and oxygen atoms in total. The van der Waals surface area contributed by atoms with Gasteiger partial charge < -0.3 is 10.2 Å². The van der Waals surface area contributed by atoms with E-state index in [0.717, 1.165) is 6.42 Å². The van der Waals surface area contributed by atoms with Crippen LogP contribution in [0.4, 0.5) is 4.79 Å². The van der Waals surface area contributed by atoms with Gasteiger partial charge in [-0.3, -0.25) is 4.79 Å². The number of nitrogens with zero attached hydrogens (tertiary/aromatic N) is 1. The van der Waals surface area contributed by atoms with Gasteiger partial charge in [-0.15, -0.1) is 0 Å². The van der Waals surface area contributed by atoms with Gasteiger partial charge in [-0.1, -0.05) is 37.6 Å². The molecule has 20 heavy (non-hydrogen) atoms. The van der Waals surface area contributed by atoms with Crippen molar-refractivity contribution in [3.8, 4) is 0 Å². The van der Waals surface area contributed by atoms with Crippen LogP contribution < -0.4 is 5.32 Å². The highest BCUT2D eigenvalue weighted by atomic mass is 35.5. The van der Waals surface area contributed by atoms with Crippen LogP contribution in [0.3, 0.4) is 0 Å². The van der Waals surface area contributed by atoms with E-state index in [2.05, 4.69) is 5.32 Å². The van der Waals surface area contributed by atoms with Gasteiger partial charge in [-0.2, -0.15) is 0 Å². The Morgan fingerprint density at radius 2 is 1.85 bits per heavy atom. The summed E-state index contributed by atoms with van der Waals surface area (Å²) < 4.78 is 0. The lowest BCUT2D eigenvalue weighted by molar-refractivity contribution is -0.115. The summed E-state index contributed by atoms with van der Waals surface area (Å²) in [5.41, 5.74) is 1.05. The minimum atomic E-state index is -0.241. The molecule has 0 aromatic heterocycles. The van der Waals surface area contributed by atoms with Crippen LogP contribution in [-0.2, 0) is 4.79 Å². The third kappa shape index (κ3) is 6.06. The minimum absolute atomic E-state index is 0.0245. The van der Waals surface area contributed by atoms with E-state index in [1.807, 2.05) is 13.0 Å². The van der Waals surface area contributed by atoms with Gasteiger partial charge in [-0.25, -0.2) is 4.79 Å². The predicted molar refractivity (Wildman–Crippen MR) is 83.6 cm³/mol. The first-order chi connectivity index (χ1) is 9.37. The first kappa shape index (κ1) is 18.4. The molecule has 0 heterocycles. The number of hydrogen-bond acceptors (Lipinski definition) is 2. The van der Waals surface area contributed by atoms with Crippen LogP contribution in [0.25, 0.3) is 0 Å². The molecule has 0 radical (unpaired) electrons. The fraction of sp³-hybridized carbons (Fsp3) is 0.467. The molecule has 0 aromatic carbocycles. The number of urea groups is 1. The second kappa shape index (κ2) is 9.37. The van der Waals surface area contributed by atoms with Crippen LogP contribution in [0.1, 0.15) is 33.6 Å². The molecule has 0 aliphatic carbocycles. The summed E-state index contributed by atoms with van der Waals surface area (Å²) in [6, 6.07) is -0.241. The Hall–Kier alpha value is -1.55. The van der Waals surface area contributed by atoms with Crippen LogP contribution in [0.2, 0.25) is 0 Å². The van der Waals surface area contributed by atoms with Gasteiger partial charge in [-0.05, 0) is 19.4 Å². The maximum Gasteiger partial charge on any atom is 0.321 e. The second-order valence-corrected chi connectivity index (χ2v) is 4.77. The zero-order valence-electron chi connectivity index (χ0n) is 12.8. The SMILES string of the molecule is C\C=C(C(=O)CC)/C(Cl)=C\C(=C\CC)NC(=O)N(C)C. The molecule has 2 amide bonds. The smallest absolute Gasteiger partial charge is 0.321 e. The molecule has 0 aliphatic rings. The minimum Gasteiger partial charge on any atom is -0.331 e. The number of Topliss-reactive ketones (excluding diaryl/α,β-unsaturated/α-hetero) is 1. The van der Waals surface area contributed by atoms with Gasteiger partial charge in [0.25, 0.3) is 0 Å². The van der Waals surface area contributed by atoms with E-state index in [1.165, 1.54) is 4.90 Å². The molecule has 112 valence electrons. The lowest BCUT2D eigenvalue weighted by atomic mass is 10.1. The molecule has 0 bridgehead atoms. The van der Waals surface area contributed by atoms with Crippen LogP contribution in [0, 0.1) is 0 Å². The van der Waals surface area contributed by atoms with Crippen molar-refractivity contribution < 1.29 is 9.59 Å². The second-order valence-electron chi connectivity index (χ2n) is 4.36. The Morgan fingerprint density at radius 1 is 1.25 bits per heavy atom. The zero-order valence-corrected chi connectivity index (χ0v) is 13.5. The standard InChI is InChI=1S/C15H23ClN2O2/c1-6-9-11(17-15(20)18(4)5)10-13(16)12(7-2)14(19)8-3/h7,9-10H,6,8H2,1-5H3,(H,17,20)/b11-9-,12-7+,13-10+. The van der Waals surface area contributed by atoms with Crippen LogP contribution >= 0.6 is 11.6 Å². The van der Waals surface area contributed by atoms with Gasteiger partial charge in [0.1, 0.15) is 0 Å². The Labute approximate surface area is 126 Å². The topological polar surface area (TPSA) is 49.4 Å². The maximum atomic E-state index is 11.7. The first-order valence-electron chi connectivity index (χ1n) is 6.62. The highest BCUT2D eigenvalue weighted by molar-refractivity contribution is 6.35. The van der Waals surface area contributed by atoms with E-state index < -0.39 is 0 Å². The summed E-state index contributed by atoms with van der Waals surface area (Å²) in [7, 11) is 3.31. The third-order valence-corrected chi connectivity index (χ3v) is 2.84. The monoisotopic (exact) mass is 298 g/mol. The highest BCUT2D eigenvalue weighted by Crippen LogP contribution is 2.19. The Bertz CT molecular complexity index is 449. The van der Waals surface area contributed by atoms with E-state index in [-0.39, 0.29) is 11.8 Å². The van der Waals surface area contributed by atoms with Crippen molar-refractivity contribution in [2.24, 2.45) is 0 Å². The molecule has 0 spiro atoms. The molecule has 0 unspecified atom stereocenters. The summed E-state index contributed by atoms with van der Waals surface area (Å²) in [5.74, 6) is -0.0245. The van der Waals surface area contributed by atoms with Crippen molar-refractivity contribution in [3.63, 3.8) is 0 Å². The Morgan fingerprint density at radius 3 is 2.25 bits per heavy atom. The predicted octanol–water partition coefficient (Wildman–Crippen LogP) is 3.60. The molecular formula is C15H23ClN2O2. The summed E-state index contributed by atoms with van der Waals surface area (Å²) in [4.78, 5) is 24.8. The molecule has 0 aromatic rings. The average Bonchev–Trinajstić information content (AvgIpc) is 2.39. The number of rotatable bonds is 6. The van der Waals surface area contributed by atoms with Crippen molar-refractivity contribution >= 4 is 23.4 Å². The number of halogens is 1. The van der Waals surface area contributed by atoms with E-state index in [0.29, 0.717) is 22.7 Å². The van der Waals surface area contributed by atoms with Crippen molar-refractivity contribution in [3.05, 3.63) is 34.5 Å². The Kier molecular flexibility index (Phi) is 8.64. The molecule has 0 rings (SSSR count). The fourth-order valence-corrected chi connectivity index (χ4v) is 1.77. The molecular weight excluding hydrogens is 276 g/mol. The third-order valence-electron chi connectivity index (χ3n) is 2.53. The molecule has 0 saturated heterocycles. The average molecular weight is 299 g/mol. The van der Waals surface area contributed by atoms with Crippen molar-refractivity contribution in [2.45, 2.75) is 33.6 Å². The van der Waals surface area contributed by atoms with Crippen molar-refractivity contribution in [2.75, 3.05) is 14.1 Å². The number of carbonyl (C=O) groups is 2. The molecule has 1 N–H and O–H groups in total. The quantitative estimate of drug-likeness (QED) is 0.601. The van der Waals surface area contributed by atoms with E-state index in [9.17, 15) is 9.59 Å². The number of ketones is 1. The number of hydrogen-bond donors (Lipinski definition) is 1. The zero-order chi connectivity index (χ0) is 15.7. The van der Waals surface area contributed by atoms with Gasteiger partial charge in [0.15, 0.2) is 5.78 Å². The van der Waals surface area contributed by atoms with Crippen LogP contribution in [0.5, 0.6) is 0 Å². The highest BCUT2D eigenvalue weighted by Gasteiger charge is 2.11. The summed E-state index contributed by atoms with van der Waals surface area (Å²) in [5, 5.41) is 3.06. The molecule has 0 aliphatic heterocycles. The molecule has 0 saturated carbocycles. The lowest BCUT2D eigenvalue weighted by Crippen LogP contribution is -2.33. The number of carbonyl (C=O) groups excluding carboxylic acids is 2. The van der Waals surface area contributed by atoms with Gasteiger partial charge in [0.2, 0.25) is 0 Å². The maximum absolute atomic E-state index is 11.7. The number of amides is 2. The van der Waals surface area contributed by atoms with E-state index >= 15 is 0 Å².